The van der Waals surface area contributed by atoms with Crippen molar-refractivity contribution in [3.05, 3.63) is 76.6 Å². The van der Waals surface area contributed by atoms with E-state index in [4.69, 9.17) is 27.9 Å². The minimum atomic E-state index is -0.229. The summed E-state index contributed by atoms with van der Waals surface area (Å²) < 4.78 is 7.55. The van der Waals surface area contributed by atoms with Crippen LogP contribution in [0.2, 0.25) is 10.0 Å². The first-order valence-electron chi connectivity index (χ1n) is 9.52. The average Bonchev–Trinajstić information content (AvgIpc) is 3.15. The first-order valence-corrected chi connectivity index (χ1v) is 11.3. The molecule has 1 amide bonds. The Balaban J connectivity index is 1.64. The number of hydrogen-bond donors (Lipinski definition) is 1. The molecule has 0 aliphatic rings. The number of Topliss-reactive ketones (excluding diaryl/α,β-unsaturated/α-hetero) is 1. The van der Waals surface area contributed by atoms with Crippen molar-refractivity contribution in [1.82, 2.24) is 14.8 Å². The van der Waals surface area contributed by atoms with Gasteiger partial charge < -0.3 is 10.1 Å². The summed E-state index contributed by atoms with van der Waals surface area (Å²) in [4.78, 5) is 23.9. The summed E-state index contributed by atoms with van der Waals surface area (Å²) in [5.41, 5.74) is 1.09. The molecule has 0 atom stereocenters. The highest BCUT2D eigenvalue weighted by atomic mass is 35.5. The third-order valence-electron chi connectivity index (χ3n) is 4.24. The molecule has 1 heterocycles. The predicted molar refractivity (Wildman–Crippen MR) is 127 cm³/mol. The van der Waals surface area contributed by atoms with E-state index in [-0.39, 0.29) is 24.1 Å². The smallest absolute Gasteiger partial charge is 0.234 e. The van der Waals surface area contributed by atoms with Crippen LogP contribution in [-0.4, -0.2) is 32.2 Å². The number of benzene rings is 2. The average molecular weight is 491 g/mol. The second-order valence-electron chi connectivity index (χ2n) is 6.64. The zero-order valence-electron chi connectivity index (χ0n) is 17.2. The number of amides is 1. The molecule has 2 aromatic carbocycles. The molecule has 0 spiro atoms. The number of aromatic nitrogens is 3. The van der Waals surface area contributed by atoms with Crippen LogP contribution in [0.3, 0.4) is 0 Å². The summed E-state index contributed by atoms with van der Waals surface area (Å²) in [7, 11) is 0. The van der Waals surface area contributed by atoms with Gasteiger partial charge in [-0.1, -0.05) is 53.2 Å². The summed E-state index contributed by atoms with van der Waals surface area (Å²) in [6.07, 6.45) is 1.70. The van der Waals surface area contributed by atoms with E-state index in [1.54, 1.807) is 53.1 Å². The molecule has 1 aromatic heterocycles. The van der Waals surface area contributed by atoms with E-state index in [0.29, 0.717) is 44.6 Å². The van der Waals surface area contributed by atoms with Crippen LogP contribution in [0.25, 0.3) is 0 Å². The fourth-order valence-corrected chi connectivity index (χ4v) is 3.82. The highest BCUT2D eigenvalue weighted by molar-refractivity contribution is 7.99. The molecule has 0 saturated heterocycles. The number of carbonyl (C=O) groups excluding carboxylic acids is 2. The van der Waals surface area contributed by atoms with Crippen LogP contribution in [0.4, 0.5) is 5.69 Å². The maximum atomic E-state index is 12.4. The van der Waals surface area contributed by atoms with Gasteiger partial charge in [0, 0.05) is 28.9 Å². The van der Waals surface area contributed by atoms with Gasteiger partial charge >= 0.3 is 0 Å². The zero-order valence-corrected chi connectivity index (χ0v) is 19.5. The molecule has 0 aliphatic heterocycles. The standard InChI is InChI=1S/C22H20Cl2N4O3S/c1-3-9-28-20(12-31-19-11-16(23)7-8-18(19)24)26-27-22(28)32-13-21(30)25-17-6-4-5-15(10-17)14(2)29/h3-8,10-11H,1,9,12-13H2,2H3,(H,25,30). The number of rotatable bonds is 10. The van der Waals surface area contributed by atoms with Gasteiger partial charge in [0.1, 0.15) is 12.4 Å². The molecule has 0 fully saturated rings. The Morgan fingerprint density at radius 3 is 2.78 bits per heavy atom. The number of halogens is 2. The van der Waals surface area contributed by atoms with Crippen molar-refractivity contribution in [3.63, 3.8) is 0 Å². The Morgan fingerprint density at radius 2 is 2.03 bits per heavy atom. The van der Waals surface area contributed by atoms with Gasteiger partial charge in [0.2, 0.25) is 5.91 Å². The van der Waals surface area contributed by atoms with Gasteiger partial charge in [0.15, 0.2) is 16.8 Å². The molecule has 0 unspecified atom stereocenters. The van der Waals surface area contributed by atoms with Crippen molar-refractivity contribution in [2.75, 3.05) is 11.1 Å². The van der Waals surface area contributed by atoms with Crippen LogP contribution >= 0.6 is 35.0 Å². The van der Waals surface area contributed by atoms with Crippen LogP contribution in [0.1, 0.15) is 23.1 Å². The second kappa shape index (κ2) is 11.2. The monoisotopic (exact) mass is 490 g/mol. The number of nitrogens with one attached hydrogen (secondary N) is 1. The lowest BCUT2D eigenvalue weighted by molar-refractivity contribution is -0.113. The van der Waals surface area contributed by atoms with Gasteiger partial charge in [-0.05, 0) is 31.2 Å². The summed E-state index contributed by atoms with van der Waals surface area (Å²) in [6.45, 7) is 5.80. The Kier molecular flexibility index (Phi) is 8.33. The highest BCUT2D eigenvalue weighted by Crippen LogP contribution is 2.28. The number of hydrogen-bond acceptors (Lipinski definition) is 6. The van der Waals surface area contributed by atoms with E-state index in [1.807, 2.05) is 0 Å². The van der Waals surface area contributed by atoms with Crippen LogP contribution < -0.4 is 10.1 Å². The van der Waals surface area contributed by atoms with Crippen molar-refractivity contribution in [2.45, 2.75) is 25.2 Å². The van der Waals surface area contributed by atoms with Crippen molar-refractivity contribution in [1.29, 1.82) is 0 Å². The van der Waals surface area contributed by atoms with E-state index in [2.05, 4.69) is 22.1 Å². The Hall–Kier alpha value is -2.81. The summed E-state index contributed by atoms with van der Waals surface area (Å²) in [5.74, 6) is 0.807. The quantitative estimate of drug-likeness (QED) is 0.236. The van der Waals surface area contributed by atoms with Crippen molar-refractivity contribution < 1.29 is 14.3 Å². The lowest BCUT2D eigenvalue weighted by Gasteiger charge is -2.10. The highest BCUT2D eigenvalue weighted by Gasteiger charge is 2.15. The number of anilines is 1. The molecule has 3 rings (SSSR count). The number of ether oxygens (including phenoxy) is 1. The van der Waals surface area contributed by atoms with E-state index in [1.165, 1.54) is 18.7 Å². The number of nitrogens with zero attached hydrogens (tertiary/aromatic N) is 3. The predicted octanol–water partition coefficient (Wildman–Crippen LogP) is 5.28. The molecule has 32 heavy (non-hydrogen) atoms. The molecule has 0 saturated carbocycles. The Labute approximate surface area is 199 Å². The normalized spacial score (nSPS) is 10.6. The van der Waals surface area contributed by atoms with Gasteiger partial charge in [0.25, 0.3) is 0 Å². The van der Waals surface area contributed by atoms with Gasteiger partial charge in [-0.15, -0.1) is 16.8 Å². The van der Waals surface area contributed by atoms with Crippen LogP contribution in [0.5, 0.6) is 5.75 Å². The fourth-order valence-electron chi connectivity index (χ4n) is 2.72. The van der Waals surface area contributed by atoms with Crippen LogP contribution in [-0.2, 0) is 17.9 Å². The fraction of sp³-hybridized carbons (Fsp3) is 0.182. The molecule has 0 bridgehead atoms. The van der Waals surface area contributed by atoms with Crippen molar-refractivity contribution in [3.8, 4) is 5.75 Å². The van der Waals surface area contributed by atoms with Crippen LogP contribution in [0.15, 0.2) is 60.3 Å². The van der Waals surface area contributed by atoms with E-state index in [9.17, 15) is 9.59 Å². The number of allylic oxidation sites excluding steroid dienone is 1. The van der Waals surface area contributed by atoms with Gasteiger partial charge in [-0.3, -0.25) is 14.2 Å². The minimum absolute atomic E-state index is 0.0678. The lowest BCUT2D eigenvalue weighted by Crippen LogP contribution is -2.15. The molecular weight excluding hydrogens is 471 g/mol. The van der Waals surface area contributed by atoms with Gasteiger partial charge in [-0.2, -0.15) is 0 Å². The van der Waals surface area contributed by atoms with E-state index in [0.717, 1.165) is 0 Å². The summed E-state index contributed by atoms with van der Waals surface area (Å²) in [6, 6.07) is 11.7. The van der Waals surface area contributed by atoms with Gasteiger partial charge in [0.05, 0.1) is 10.8 Å². The summed E-state index contributed by atoms with van der Waals surface area (Å²) >= 11 is 13.4. The molecule has 166 valence electrons. The van der Waals surface area contributed by atoms with E-state index >= 15 is 0 Å². The van der Waals surface area contributed by atoms with Crippen LogP contribution in [0, 0.1) is 0 Å². The maximum absolute atomic E-state index is 12.4. The first-order chi connectivity index (χ1) is 15.4. The number of carbonyl (C=O) groups is 2. The number of thioether (sulfide) groups is 1. The SMILES string of the molecule is C=CCn1c(COc2cc(Cl)ccc2Cl)nnc1SCC(=O)Nc1cccc(C(C)=O)c1. The maximum Gasteiger partial charge on any atom is 0.234 e. The molecule has 1 N–H and O–H groups in total. The molecule has 0 aliphatic carbocycles. The molecule has 7 nitrogen and oxygen atoms in total. The second-order valence-corrected chi connectivity index (χ2v) is 8.42. The van der Waals surface area contributed by atoms with Gasteiger partial charge in [-0.25, -0.2) is 0 Å². The Bertz CT molecular complexity index is 1150. The third kappa shape index (κ3) is 6.35. The Morgan fingerprint density at radius 1 is 1.22 bits per heavy atom. The molecule has 0 radical (unpaired) electrons. The zero-order chi connectivity index (χ0) is 23.1. The first kappa shape index (κ1) is 23.8. The lowest BCUT2D eigenvalue weighted by atomic mass is 10.1. The van der Waals surface area contributed by atoms with E-state index < -0.39 is 0 Å². The van der Waals surface area contributed by atoms with Crippen molar-refractivity contribution >= 4 is 52.3 Å². The minimum Gasteiger partial charge on any atom is -0.484 e. The largest absolute Gasteiger partial charge is 0.484 e. The topological polar surface area (TPSA) is 86.1 Å². The third-order valence-corrected chi connectivity index (χ3v) is 5.75. The van der Waals surface area contributed by atoms with Crippen molar-refractivity contribution in [2.24, 2.45) is 0 Å². The molecular formula is C22H20Cl2N4O3S. The number of ketones is 1. The summed E-state index contributed by atoms with van der Waals surface area (Å²) in [5, 5.41) is 12.6. The molecule has 3 aromatic rings. The molecule has 10 heteroatoms.